The maximum Gasteiger partial charge on any atom is -0.00916 e. The summed E-state index contributed by atoms with van der Waals surface area (Å²) in [7, 11) is 0. The van der Waals surface area contributed by atoms with E-state index in [4.69, 9.17) is 0 Å². The topological polar surface area (TPSA) is 0 Å². The minimum absolute atomic E-state index is 1.12. The Morgan fingerprint density at radius 3 is 2.56 bits per heavy atom. The Morgan fingerprint density at radius 2 is 2.11 bits per heavy atom. The Balaban J connectivity index is 2.84. The van der Waals surface area contributed by atoms with Gasteiger partial charge < -0.3 is 0 Å². The van der Waals surface area contributed by atoms with E-state index in [1.165, 1.54) is 11.1 Å². The molecule has 0 unspecified atom stereocenters. The van der Waals surface area contributed by atoms with Crippen LogP contribution in [0.15, 0.2) is 35.5 Å². The van der Waals surface area contributed by atoms with E-state index in [-0.39, 0.29) is 0 Å². The van der Waals surface area contributed by atoms with Crippen LogP contribution in [0.1, 0.15) is 20.3 Å². The van der Waals surface area contributed by atoms with Crippen molar-refractivity contribution in [2.24, 2.45) is 0 Å². The summed E-state index contributed by atoms with van der Waals surface area (Å²) in [6.45, 7) is 4.17. The summed E-state index contributed by atoms with van der Waals surface area (Å²) in [5, 5.41) is 0. The molecular formula is C9H12. The zero-order valence-electron chi connectivity index (χ0n) is 6.02. The van der Waals surface area contributed by atoms with Crippen LogP contribution in [-0.4, -0.2) is 0 Å². The Bertz CT molecular complexity index is 180. The van der Waals surface area contributed by atoms with Gasteiger partial charge in [-0.2, -0.15) is 0 Å². The Morgan fingerprint density at radius 1 is 1.33 bits per heavy atom. The molecule has 0 aliphatic heterocycles. The minimum Gasteiger partial charge on any atom is -0.0835 e. The summed E-state index contributed by atoms with van der Waals surface area (Å²) in [5.41, 5.74) is 2.84. The largest absolute Gasteiger partial charge is 0.0835 e. The lowest BCUT2D eigenvalue weighted by Crippen LogP contribution is -1.75. The Hall–Kier alpha value is -0.780. The first kappa shape index (κ1) is 6.34. The second-order valence-electron chi connectivity index (χ2n) is 2.16. The summed E-state index contributed by atoms with van der Waals surface area (Å²) >= 11 is 0. The van der Waals surface area contributed by atoms with Crippen LogP contribution in [0.4, 0.5) is 0 Å². The van der Waals surface area contributed by atoms with E-state index >= 15 is 0 Å². The monoisotopic (exact) mass is 120 g/mol. The summed E-state index contributed by atoms with van der Waals surface area (Å²) in [5.74, 6) is 0. The lowest BCUT2D eigenvalue weighted by Gasteiger charge is -1.94. The Labute approximate surface area is 56.6 Å². The minimum atomic E-state index is 1.12. The highest BCUT2D eigenvalue weighted by molar-refractivity contribution is 5.45. The van der Waals surface area contributed by atoms with E-state index in [1.54, 1.807) is 0 Å². The quantitative estimate of drug-likeness (QED) is 0.461. The van der Waals surface area contributed by atoms with Gasteiger partial charge in [0.15, 0.2) is 0 Å². The van der Waals surface area contributed by atoms with Crippen LogP contribution in [0.3, 0.4) is 0 Å². The third-order valence-corrected chi connectivity index (χ3v) is 1.67. The van der Waals surface area contributed by atoms with Gasteiger partial charge in [0.05, 0.1) is 0 Å². The van der Waals surface area contributed by atoms with Crippen LogP contribution in [0.5, 0.6) is 0 Å². The maximum absolute atomic E-state index is 2.20. The van der Waals surface area contributed by atoms with Crippen molar-refractivity contribution in [2.75, 3.05) is 0 Å². The molecule has 0 spiro atoms. The molecule has 0 radical (unpaired) electrons. The SMILES string of the molecule is CC=C1CC=C/C1=C/C. The van der Waals surface area contributed by atoms with E-state index in [1.807, 2.05) is 0 Å². The summed E-state index contributed by atoms with van der Waals surface area (Å²) in [6.07, 6.45) is 9.82. The molecule has 1 rings (SSSR count). The van der Waals surface area contributed by atoms with Gasteiger partial charge in [0.25, 0.3) is 0 Å². The van der Waals surface area contributed by atoms with Crippen molar-refractivity contribution in [2.45, 2.75) is 20.3 Å². The van der Waals surface area contributed by atoms with E-state index in [0.29, 0.717) is 0 Å². The average molecular weight is 120 g/mol. The van der Waals surface area contributed by atoms with Crippen molar-refractivity contribution in [3.63, 3.8) is 0 Å². The molecule has 9 heavy (non-hydrogen) atoms. The van der Waals surface area contributed by atoms with Gasteiger partial charge in [-0.05, 0) is 31.4 Å². The van der Waals surface area contributed by atoms with Crippen LogP contribution in [0.25, 0.3) is 0 Å². The second-order valence-corrected chi connectivity index (χ2v) is 2.16. The van der Waals surface area contributed by atoms with Crippen molar-refractivity contribution in [3.8, 4) is 0 Å². The van der Waals surface area contributed by atoms with E-state index in [0.717, 1.165) is 6.42 Å². The van der Waals surface area contributed by atoms with Crippen LogP contribution < -0.4 is 0 Å². The highest BCUT2D eigenvalue weighted by atomic mass is 14.1. The van der Waals surface area contributed by atoms with Crippen molar-refractivity contribution in [1.29, 1.82) is 0 Å². The van der Waals surface area contributed by atoms with Gasteiger partial charge >= 0.3 is 0 Å². The van der Waals surface area contributed by atoms with Crippen LogP contribution in [0.2, 0.25) is 0 Å². The molecule has 0 heteroatoms. The van der Waals surface area contributed by atoms with E-state index < -0.39 is 0 Å². The predicted octanol–water partition coefficient (Wildman–Crippen LogP) is 2.84. The van der Waals surface area contributed by atoms with E-state index in [9.17, 15) is 0 Å². The number of rotatable bonds is 0. The van der Waals surface area contributed by atoms with Gasteiger partial charge in [0, 0.05) is 0 Å². The molecular weight excluding hydrogens is 108 g/mol. The number of hydrogen-bond acceptors (Lipinski definition) is 0. The molecule has 0 amide bonds. The molecule has 48 valence electrons. The zero-order valence-corrected chi connectivity index (χ0v) is 6.02. The summed E-state index contributed by atoms with van der Waals surface area (Å²) < 4.78 is 0. The third kappa shape index (κ3) is 1.13. The molecule has 1 aliphatic carbocycles. The summed E-state index contributed by atoms with van der Waals surface area (Å²) in [6, 6.07) is 0. The molecule has 0 saturated heterocycles. The predicted molar refractivity (Wildman–Crippen MR) is 41.3 cm³/mol. The molecule has 0 N–H and O–H groups in total. The van der Waals surface area contributed by atoms with Gasteiger partial charge in [-0.25, -0.2) is 0 Å². The fraction of sp³-hybridized carbons (Fsp3) is 0.333. The highest BCUT2D eigenvalue weighted by Crippen LogP contribution is 2.22. The first-order valence-corrected chi connectivity index (χ1v) is 3.37. The van der Waals surface area contributed by atoms with Gasteiger partial charge in [-0.15, -0.1) is 0 Å². The van der Waals surface area contributed by atoms with Gasteiger partial charge in [-0.3, -0.25) is 0 Å². The number of allylic oxidation sites excluding steroid dienone is 6. The van der Waals surface area contributed by atoms with Crippen molar-refractivity contribution >= 4 is 0 Å². The van der Waals surface area contributed by atoms with Gasteiger partial charge in [-0.1, -0.05) is 24.3 Å². The summed E-state index contributed by atoms with van der Waals surface area (Å²) in [4.78, 5) is 0. The molecule has 0 nitrogen and oxygen atoms in total. The third-order valence-electron chi connectivity index (χ3n) is 1.67. The normalized spacial score (nSPS) is 26.4. The maximum atomic E-state index is 2.20. The molecule has 1 aliphatic rings. The fourth-order valence-electron chi connectivity index (χ4n) is 1.10. The molecule has 0 aromatic heterocycles. The van der Waals surface area contributed by atoms with Crippen molar-refractivity contribution in [1.82, 2.24) is 0 Å². The van der Waals surface area contributed by atoms with Crippen LogP contribution in [0, 0.1) is 0 Å². The average Bonchev–Trinajstić information content (AvgIpc) is 2.33. The molecule has 0 heterocycles. The van der Waals surface area contributed by atoms with Crippen molar-refractivity contribution in [3.05, 3.63) is 35.5 Å². The first-order chi connectivity index (χ1) is 4.38. The molecule has 0 bridgehead atoms. The van der Waals surface area contributed by atoms with Crippen LogP contribution >= 0.6 is 0 Å². The molecule has 0 saturated carbocycles. The molecule has 0 aromatic carbocycles. The van der Waals surface area contributed by atoms with Gasteiger partial charge in [0.1, 0.15) is 0 Å². The van der Waals surface area contributed by atoms with E-state index in [2.05, 4.69) is 38.2 Å². The zero-order chi connectivity index (χ0) is 6.69. The van der Waals surface area contributed by atoms with Crippen molar-refractivity contribution < 1.29 is 0 Å². The standard InChI is InChI=1S/C9H12/c1-3-8-6-5-7-9(8)4-2/h3-6H,7H2,1-2H3/b8-3-,9-4?. The van der Waals surface area contributed by atoms with Crippen LogP contribution in [-0.2, 0) is 0 Å². The Kier molecular flexibility index (Phi) is 1.88. The smallest absolute Gasteiger partial charge is 0.00916 e. The number of hydrogen-bond donors (Lipinski definition) is 0. The lowest BCUT2D eigenvalue weighted by molar-refractivity contribution is 1.29. The lowest BCUT2D eigenvalue weighted by atomic mass is 10.1. The highest BCUT2D eigenvalue weighted by Gasteiger charge is 2.02. The molecule has 0 aromatic rings. The van der Waals surface area contributed by atoms with Gasteiger partial charge in [0.2, 0.25) is 0 Å². The molecule has 0 atom stereocenters. The first-order valence-electron chi connectivity index (χ1n) is 3.37. The molecule has 0 fully saturated rings. The second kappa shape index (κ2) is 2.67. The fourth-order valence-corrected chi connectivity index (χ4v) is 1.10.